The number of carbonyl (C=O) groups is 1. The Labute approximate surface area is 166 Å². The van der Waals surface area contributed by atoms with Crippen LogP contribution in [0.25, 0.3) is 10.8 Å². The Morgan fingerprint density at radius 3 is 2.39 bits per heavy atom. The smallest absolute Gasteiger partial charge is 0.258 e. The Morgan fingerprint density at radius 1 is 0.964 bits per heavy atom. The highest BCUT2D eigenvalue weighted by Gasteiger charge is 2.17. The van der Waals surface area contributed by atoms with E-state index in [0.717, 1.165) is 34.3 Å². The molecule has 0 fully saturated rings. The SMILES string of the molecule is COc1ccc([C@@H](CC(C)C)NC(=O)COc2cccc3ccccc23)cc1. The first-order valence-electron chi connectivity index (χ1n) is 9.60. The number of rotatable bonds is 8. The van der Waals surface area contributed by atoms with Gasteiger partial charge in [-0.15, -0.1) is 0 Å². The molecule has 0 bridgehead atoms. The van der Waals surface area contributed by atoms with Gasteiger partial charge in [-0.05, 0) is 41.5 Å². The number of nitrogens with one attached hydrogen (secondary N) is 1. The predicted molar refractivity (Wildman–Crippen MR) is 113 cm³/mol. The average molecular weight is 377 g/mol. The van der Waals surface area contributed by atoms with Crippen LogP contribution in [-0.4, -0.2) is 19.6 Å². The summed E-state index contributed by atoms with van der Waals surface area (Å²) in [6, 6.07) is 21.6. The van der Waals surface area contributed by atoms with E-state index in [-0.39, 0.29) is 18.6 Å². The molecule has 0 aliphatic heterocycles. The third-order valence-electron chi connectivity index (χ3n) is 4.67. The number of carbonyl (C=O) groups excluding carboxylic acids is 1. The van der Waals surface area contributed by atoms with E-state index < -0.39 is 0 Å². The van der Waals surface area contributed by atoms with Crippen LogP contribution in [0.3, 0.4) is 0 Å². The van der Waals surface area contributed by atoms with Crippen LogP contribution in [-0.2, 0) is 4.79 Å². The van der Waals surface area contributed by atoms with Gasteiger partial charge >= 0.3 is 0 Å². The third kappa shape index (κ3) is 5.03. The Morgan fingerprint density at radius 2 is 1.68 bits per heavy atom. The fraction of sp³-hybridized carbons (Fsp3) is 0.292. The first kappa shape index (κ1) is 19.7. The highest BCUT2D eigenvalue weighted by atomic mass is 16.5. The molecule has 0 heterocycles. The largest absolute Gasteiger partial charge is 0.497 e. The minimum Gasteiger partial charge on any atom is -0.497 e. The van der Waals surface area contributed by atoms with Crippen molar-refractivity contribution >= 4 is 16.7 Å². The van der Waals surface area contributed by atoms with E-state index in [1.165, 1.54) is 0 Å². The lowest BCUT2D eigenvalue weighted by atomic mass is 9.97. The second-order valence-electron chi connectivity index (χ2n) is 7.29. The van der Waals surface area contributed by atoms with Crippen LogP contribution in [0.4, 0.5) is 0 Å². The molecule has 4 heteroatoms. The molecule has 4 nitrogen and oxygen atoms in total. The molecule has 1 N–H and O–H groups in total. The highest BCUT2D eigenvalue weighted by molar-refractivity contribution is 5.88. The van der Waals surface area contributed by atoms with Gasteiger partial charge < -0.3 is 14.8 Å². The molecule has 3 rings (SSSR count). The van der Waals surface area contributed by atoms with Crippen LogP contribution in [0.5, 0.6) is 11.5 Å². The molecule has 3 aromatic carbocycles. The van der Waals surface area contributed by atoms with E-state index >= 15 is 0 Å². The van der Waals surface area contributed by atoms with Crippen LogP contribution >= 0.6 is 0 Å². The number of ether oxygens (including phenoxy) is 2. The molecule has 0 unspecified atom stereocenters. The highest BCUT2D eigenvalue weighted by Crippen LogP contribution is 2.26. The topological polar surface area (TPSA) is 47.6 Å². The fourth-order valence-electron chi connectivity index (χ4n) is 3.29. The maximum absolute atomic E-state index is 12.6. The van der Waals surface area contributed by atoms with Crippen LogP contribution in [0, 0.1) is 5.92 Å². The minimum atomic E-state index is -0.130. The zero-order valence-corrected chi connectivity index (χ0v) is 16.6. The molecule has 0 radical (unpaired) electrons. The van der Waals surface area contributed by atoms with Crippen molar-refractivity contribution in [2.24, 2.45) is 5.92 Å². The molecule has 0 spiro atoms. The van der Waals surface area contributed by atoms with Crippen molar-refractivity contribution in [3.63, 3.8) is 0 Å². The summed E-state index contributed by atoms with van der Waals surface area (Å²) in [6.07, 6.45) is 0.854. The Balaban J connectivity index is 1.67. The van der Waals surface area contributed by atoms with Crippen LogP contribution in [0.1, 0.15) is 31.9 Å². The van der Waals surface area contributed by atoms with E-state index in [9.17, 15) is 4.79 Å². The molecule has 3 aromatic rings. The maximum Gasteiger partial charge on any atom is 0.258 e. The summed E-state index contributed by atoms with van der Waals surface area (Å²) in [5.74, 6) is 1.84. The molecule has 146 valence electrons. The average Bonchev–Trinajstić information content (AvgIpc) is 2.71. The molecule has 1 amide bonds. The molecule has 0 aliphatic rings. The van der Waals surface area contributed by atoms with Gasteiger partial charge in [0.15, 0.2) is 6.61 Å². The van der Waals surface area contributed by atoms with Gasteiger partial charge in [-0.25, -0.2) is 0 Å². The zero-order chi connectivity index (χ0) is 19.9. The van der Waals surface area contributed by atoms with Gasteiger partial charge in [-0.2, -0.15) is 0 Å². The van der Waals surface area contributed by atoms with Gasteiger partial charge in [0.2, 0.25) is 0 Å². The number of methoxy groups -OCH3 is 1. The second-order valence-corrected chi connectivity index (χ2v) is 7.29. The number of benzene rings is 3. The lowest BCUT2D eigenvalue weighted by Crippen LogP contribution is -2.33. The predicted octanol–water partition coefficient (Wildman–Crippen LogP) is 5.13. The molecule has 0 saturated carbocycles. The lowest BCUT2D eigenvalue weighted by Gasteiger charge is -2.21. The summed E-state index contributed by atoms with van der Waals surface area (Å²) >= 11 is 0. The van der Waals surface area contributed by atoms with E-state index in [0.29, 0.717) is 5.92 Å². The number of hydrogen-bond donors (Lipinski definition) is 1. The molecule has 0 aromatic heterocycles. The monoisotopic (exact) mass is 377 g/mol. The molecule has 0 saturated heterocycles. The summed E-state index contributed by atoms with van der Waals surface area (Å²) in [4.78, 5) is 12.6. The van der Waals surface area contributed by atoms with Crippen molar-refractivity contribution in [1.29, 1.82) is 0 Å². The normalized spacial score (nSPS) is 12.0. The summed E-state index contributed by atoms with van der Waals surface area (Å²) in [5, 5.41) is 5.22. The van der Waals surface area contributed by atoms with E-state index in [1.807, 2.05) is 66.7 Å². The van der Waals surface area contributed by atoms with Crippen LogP contribution < -0.4 is 14.8 Å². The summed E-state index contributed by atoms with van der Waals surface area (Å²) in [6.45, 7) is 4.28. The lowest BCUT2D eigenvalue weighted by molar-refractivity contribution is -0.123. The van der Waals surface area contributed by atoms with Gasteiger partial charge in [-0.3, -0.25) is 4.79 Å². The first-order chi connectivity index (χ1) is 13.6. The zero-order valence-electron chi connectivity index (χ0n) is 16.6. The molecular formula is C24H27NO3. The Kier molecular flexibility index (Phi) is 6.53. The maximum atomic E-state index is 12.6. The third-order valence-corrected chi connectivity index (χ3v) is 4.67. The number of amides is 1. The molecular weight excluding hydrogens is 350 g/mol. The Hall–Kier alpha value is -3.01. The number of hydrogen-bond acceptors (Lipinski definition) is 3. The Bertz CT molecular complexity index is 913. The van der Waals surface area contributed by atoms with Crippen molar-refractivity contribution in [3.8, 4) is 11.5 Å². The van der Waals surface area contributed by atoms with Crippen molar-refractivity contribution in [1.82, 2.24) is 5.32 Å². The molecule has 0 aliphatic carbocycles. The van der Waals surface area contributed by atoms with Crippen LogP contribution in [0.15, 0.2) is 66.7 Å². The van der Waals surface area contributed by atoms with E-state index in [4.69, 9.17) is 9.47 Å². The van der Waals surface area contributed by atoms with E-state index in [1.54, 1.807) is 7.11 Å². The first-order valence-corrected chi connectivity index (χ1v) is 9.60. The standard InChI is InChI=1S/C24H27NO3/c1-17(2)15-22(19-11-13-20(27-3)14-12-19)25-24(26)16-28-23-10-6-8-18-7-4-5-9-21(18)23/h4-14,17,22H,15-16H2,1-3H3,(H,25,26)/t22-/m1/s1. The number of fused-ring (bicyclic) bond motifs is 1. The minimum absolute atomic E-state index is 0.0151. The van der Waals surface area contributed by atoms with Crippen molar-refractivity contribution in [2.45, 2.75) is 26.3 Å². The van der Waals surface area contributed by atoms with E-state index in [2.05, 4.69) is 19.2 Å². The van der Waals surface area contributed by atoms with Crippen molar-refractivity contribution in [3.05, 3.63) is 72.3 Å². The van der Waals surface area contributed by atoms with Gasteiger partial charge in [0.1, 0.15) is 11.5 Å². The summed E-state index contributed by atoms with van der Waals surface area (Å²) in [7, 11) is 1.65. The molecule has 1 atom stereocenters. The second kappa shape index (κ2) is 9.27. The van der Waals surface area contributed by atoms with Crippen molar-refractivity contribution < 1.29 is 14.3 Å². The fourth-order valence-corrected chi connectivity index (χ4v) is 3.29. The summed E-state index contributed by atoms with van der Waals surface area (Å²) in [5.41, 5.74) is 1.06. The quantitative estimate of drug-likeness (QED) is 0.592. The molecule has 28 heavy (non-hydrogen) atoms. The van der Waals surface area contributed by atoms with Gasteiger partial charge in [0.05, 0.1) is 13.2 Å². The van der Waals surface area contributed by atoms with Crippen molar-refractivity contribution in [2.75, 3.05) is 13.7 Å². The van der Waals surface area contributed by atoms with Gasteiger partial charge in [0, 0.05) is 5.39 Å². The van der Waals surface area contributed by atoms with Gasteiger partial charge in [0.25, 0.3) is 5.91 Å². The van der Waals surface area contributed by atoms with Crippen LogP contribution in [0.2, 0.25) is 0 Å². The van der Waals surface area contributed by atoms with Gasteiger partial charge in [-0.1, -0.05) is 62.4 Å². The summed E-state index contributed by atoms with van der Waals surface area (Å²) < 4.78 is 11.1.